The lowest BCUT2D eigenvalue weighted by molar-refractivity contribution is -0.385. The molecule has 0 unspecified atom stereocenters. The van der Waals surface area contributed by atoms with Crippen LogP contribution in [0.5, 0.6) is 17.2 Å². The van der Waals surface area contributed by atoms with Gasteiger partial charge in [0.2, 0.25) is 0 Å². The molecule has 0 aliphatic heterocycles. The summed E-state index contributed by atoms with van der Waals surface area (Å²) in [5.41, 5.74) is -5.77. The molecule has 0 atom stereocenters. The Morgan fingerprint density at radius 2 is 0.653 bits per heavy atom. The van der Waals surface area contributed by atoms with Crippen molar-refractivity contribution in [2.24, 2.45) is 51.1 Å². The summed E-state index contributed by atoms with van der Waals surface area (Å²) in [6.45, 7) is 0. The van der Waals surface area contributed by atoms with Gasteiger partial charge in [0.15, 0.2) is 17.2 Å². The number of anilines is 1. The lowest BCUT2D eigenvalue weighted by Gasteiger charge is -2.15. The number of hydrogen-bond donors (Lipinski definition) is 13. The Labute approximate surface area is 562 Å². The molecule has 9 rings (SSSR count). The molecule has 0 aliphatic rings. The molecule has 0 saturated carbocycles. The van der Waals surface area contributed by atoms with Crippen molar-refractivity contribution in [2.45, 2.75) is 44.1 Å². The minimum atomic E-state index is -5.93. The second-order valence-corrected chi connectivity index (χ2v) is 32.3. The zero-order valence-corrected chi connectivity index (χ0v) is 55.4. The maximum absolute atomic E-state index is 13.2. The molecule has 0 heterocycles. The van der Waals surface area contributed by atoms with E-state index in [4.69, 9.17) is 5.73 Å². The predicted molar refractivity (Wildman–Crippen MR) is 336 cm³/mol. The van der Waals surface area contributed by atoms with Crippen LogP contribution in [0.1, 0.15) is 0 Å². The predicted octanol–water partition coefficient (Wildman–Crippen LogP) is 9.05. The topological polar surface area (TPSA) is 743 Å². The van der Waals surface area contributed by atoms with Crippen molar-refractivity contribution in [3.63, 3.8) is 0 Å². The number of nitrogens with two attached hydrogens (primary N) is 1. The molecule has 0 bridgehead atoms. The standard InChI is InChI=1S/C48H32N12O32S9/c49-40-32(18-33(94(69,70)71)27-17-38(99(84,85)86)43(46(63)39(27)40)59-53-29-10-4-21(60(64)65)14-35(29)96(75,76)77)56-54-30-11-7-23-25(47(30)100(87,88)89)15-37(98(81,82)83)42(45(23)62)58-55-31-12-8-24-26(48(31)101(90,91)92)16-36(97(78,79)80)41(44(24)61)57-52-28-9-3-20(13-34(28)95(72,73)74)51-50-19-1-5-22(6-2-19)93(66,67)68/h1-18,61-63H,49H2,(H,66,67,68)(H,69,70,71)(H,72,73,74)(H,75,76,77)(H,78,79,80)(H,81,82,83)(H,84,85,86)(H,87,88,89)(H,90,91,92). The molecule has 0 fully saturated rings. The summed E-state index contributed by atoms with van der Waals surface area (Å²) in [6, 6.07) is 11.0. The molecule has 53 heteroatoms. The van der Waals surface area contributed by atoms with Crippen LogP contribution in [-0.2, 0) is 91.1 Å². The first kappa shape index (κ1) is 74.8. The lowest BCUT2D eigenvalue weighted by atomic mass is 10.0. The van der Waals surface area contributed by atoms with Gasteiger partial charge in [0.1, 0.15) is 84.7 Å². The first-order valence-electron chi connectivity index (χ1n) is 25.4. The second-order valence-electron chi connectivity index (χ2n) is 19.8. The van der Waals surface area contributed by atoms with Crippen molar-refractivity contribution in [1.29, 1.82) is 0 Å². The number of nitrogens with zero attached hydrogens (tertiary/aromatic N) is 11. The van der Waals surface area contributed by atoms with E-state index in [1.807, 2.05) is 0 Å². The van der Waals surface area contributed by atoms with Gasteiger partial charge in [-0.3, -0.25) is 51.1 Å². The van der Waals surface area contributed by atoms with Crippen molar-refractivity contribution in [2.75, 3.05) is 5.73 Å². The van der Waals surface area contributed by atoms with Gasteiger partial charge in [-0.25, -0.2) is 0 Å². The van der Waals surface area contributed by atoms with Crippen LogP contribution in [0.15, 0.2) is 204 Å². The first-order valence-corrected chi connectivity index (χ1v) is 38.4. The number of nitro groups is 1. The van der Waals surface area contributed by atoms with Crippen molar-refractivity contribution in [3.05, 3.63) is 119 Å². The number of fused-ring (bicyclic) bond motifs is 3. The zero-order chi connectivity index (χ0) is 75.2. The molecule has 0 amide bonds. The normalized spacial score (nSPS) is 13.6. The Balaban J connectivity index is 1.16. The molecule has 0 aliphatic carbocycles. The summed E-state index contributed by atoms with van der Waals surface area (Å²) in [4.78, 5) is -2.30. The number of phenolic OH excluding ortho intramolecular Hbond substituents is 3. The van der Waals surface area contributed by atoms with Gasteiger partial charge < -0.3 is 21.1 Å². The van der Waals surface area contributed by atoms with E-state index in [9.17, 15) is 142 Å². The third-order valence-corrected chi connectivity index (χ3v) is 21.4. The van der Waals surface area contributed by atoms with E-state index >= 15 is 0 Å². The van der Waals surface area contributed by atoms with Crippen molar-refractivity contribution >= 4 is 192 Å². The molecule has 0 spiro atoms. The molecular formula is C48H32N12O32S9. The zero-order valence-electron chi connectivity index (χ0n) is 48.1. The van der Waals surface area contributed by atoms with Gasteiger partial charge in [-0.1, -0.05) is 0 Å². The van der Waals surface area contributed by atoms with Gasteiger partial charge >= 0.3 is 0 Å². The quantitative estimate of drug-likeness (QED) is 0.0111. The highest BCUT2D eigenvalue weighted by Crippen LogP contribution is 2.52. The van der Waals surface area contributed by atoms with Gasteiger partial charge in [0.05, 0.1) is 32.3 Å². The number of nitro benzene ring substituents is 1. The summed E-state index contributed by atoms with van der Waals surface area (Å²) in [5.74, 6) is -4.63. The smallest absolute Gasteiger partial charge is 0.297 e. The molecule has 14 N–H and O–H groups in total. The molecule has 9 aromatic rings. The Morgan fingerprint density at radius 3 is 1.06 bits per heavy atom. The van der Waals surface area contributed by atoms with Crippen LogP contribution < -0.4 is 5.73 Å². The van der Waals surface area contributed by atoms with Crippen LogP contribution in [-0.4, -0.2) is 137 Å². The Hall–Kier alpha value is -10.5. The minimum absolute atomic E-state index is 0.0531. The maximum Gasteiger partial charge on any atom is 0.297 e. The van der Waals surface area contributed by atoms with E-state index in [1.54, 1.807) is 0 Å². The molecule has 9 aromatic carbocycles. The molecule has 530 valence electrons. The number of hydrogen-bond acceptors (Lipinski definition) is 34. The van der Waals surface area contributed by atoms with Crippen LogP contribution >= 0.6 is 0 Å². The number of aromatic hydroxyl groups is 3. The fourth-order valence-corrected chi connectivity index (χ4v) is 15.2. The number of benzene rings is 9. The highest BCUT2D eigenvalue weighted by Gasteiger charge is 2.34. The van der Waals surface area contributed by atoms with Crippen LogP contribution in [0.4, 0.5) is 68.2 Å². The number of nitrogen functional groups attached to an aromatic ring is 1. The molecule has 44 nitrogen and oxygen atoms in total. The maximum atomic E-state index is 13.2. The largest absolute Gasteiger partial charge is 0.505 e. The van der Waals surface area contributed by atoms with Crippen molar-refractivity contribution < 1.29 is 137 Å². The van der Waals surface area contributed by atoms with E-state index in [0.717, 1.165) is 36.4 Å². The van der Waals surface area contributed by atoms with Gasteiger partial charge in [-0.2, -0.15) is 86.0 Å². The summed E-state index contributed by atoms with van der Waals surface area (Å²) < 4.78 is 319. The van der Waals surface area contributed by atoms with Crippen molar-refractivity contribution in [3.8, 4) is 17.2 Å². The summed E-state index contributed by atoms with van der Waals surface area (Å²) in [7, 11) is -50.4. The summed E-state index contributed by atoms with van der Waals surface area (Å²) >= 11 is 0. The Morgan fingerprint density at radius 1 is 0.307 bits per heavy atom. The molecule has 0 aromatic heterocycles. The molecular weight excluding hydrogens is 1550 g/mol. The van der Waals surface area contributed by atoms with E-state index in [2.05, 4.69) is 51.1 Å². The van der Waals surface area contributed by atoms with E-state index in [1.165, 1.54) is 0 Å². The fourth-order valence-electron chi connectivity index (χ4n) is 9.13. The van der Waals surface area contributed by atoms with Gasteiger partial charge in [0.25, 0.3) is 96.8 Å². The highest BCUT2D eigenvalue weighted by molar-refractivity contribution is 7.88. The van der Waals surface area contributed by atoms with E-state index < -0.39 is 246 Å². The molecule has 101 heavy (non-hydrogen) atoms. The lowest BCUT2D eigenvalue weighted by Crippen LogP contribution is -2.04. The van der Waals surface area contributed by atoms with E-state index in [-0.39, 0.29) is 41.7 Å². The monoisotopic (exact) mass is 1580 g/mol. The first-order chi connectivity index (χ1) is 46.3. The van der Waals surface area contributed by atoms with Crippen LogP contribution in [0, 0.1) is 10.1 Å². The fraction of sp³-hybridized carbons (Fsp3) is 0. The average molecular weight is 1580 g/mol. The third-order valence-electron chi connectivity index (χ3n) is 13.4. The molecule has 0 radical (unpaired) electrons. The Kier molecular flexibility index (Phi) is 19.2. The molecule has 0 saturated heterocycles. The summed E-state index contributed by atoms with van der Waals surface area (Å²) in [5, 5.41) is 75.1. The SMILES string of the molecule is Nc1c(N=Nc2ccc3c(O)c(N=Nc4ccc5c(O)c(N=Nc6ccc(N=Nc7ccc(S(=O)(=O)O)cc7)cc6S(=O)(=O)O)c(S(=O)(=O)O)cc5c4S(=O)(=O)O)c(S(=O)(=O)O)cc3c2S(=O)(=O)O)cc(S(=O)(=O)O)c2cc(S(=O)(=O)O)c(N=Nc3ccc([N+](=O)[O-])cc3S(=O)(=O)O)c(O)c12. The number of rotatable bonds is 20. The third kappa shape index (κ3) is 15.5. The number of azo groups is 5. The van der Waals surface area contributed by atoms with Gasteiger partial charge in [0, 0.05) is 39.1 Å². The van der Waals surface area contributed by atoms with Crippen LogP contribution in [0.25, 0.3) is 32.3 Å². The number of phenols is 3. The van der Waals surface area contributed by atoms with Crippen LogP contribution in [0.3, 0.4) is 0 Å². The number of non-ortho nitro benzene ring substituents is 1. The van der Waals surface area contributed by atoms with Crippen LogP contribution in [0.2, 0.25) is 0 Å². The summed E-state index contributed by atoms with van der Waals surface area (Å²) in [6.07, 6.45) is 0. The second kappa shape index (κ2) is 25.9. The highest BCUT2D eigenvalue weighted by atomic mass is 32.3. The average Bonchev–Trinajstić information content (AvgIpc) is 0.746. The van der Waals surface area contributed by atoms with Gasteiger partial charge in [-0.15, -0.1) is 40.9 Å². The minimum Gasteiger partial charge on any atom is -0.505 e. The van der Waals surface area contributed by atoms with E-state index in [0.29, 0.717) is 42.5 Å². The Bertz CT molecular complexity index is 6480. The van der Waals surface area contributed by atoms with Crippen molar-refractivity contribution in [1.82, 2.24) is 0 Å². The van der Waals surface area contributed by atoms with Gasteiger partial charge in [-0.05, 0) is 97.1 Å².